The molecule has 12 heavy (non-hydrogen) atoms. The van der Waals surface area contributed by atoms with Gasteiger partial charge in [0.2, 0.25) is 0 Å². The third kappa shape index (κ3) is 1.62. The highest BCUT2D eigenvalue weighted by Gasteiger charge is 1.99. The van der Waals surface area contributed by atoms with Crippen molar-refractivity contribution in [2.45, 2.75) is 13.5 Å². The van der Waals surface area contributed by atoms with Gasteiger partial charge in [0.05, 0.1) is 0 Å². The number of nitrogens with one attached hydrogen (secondary N) is 1. The summed E-state index contributed by atoms with van der Waals surface area (Å²) in [6.45, 7) is 2.20. The van der Waals surface area contributed by atoms with Gasteiger partial charge in [-0.3, -0.25) is 9.36 Å². The lowest BCUT2D eigenvalue weighted by Crippen LogP contribution is -2.36. The monoisotopic (exact) mass is 169 g/mol. The molecular weight excluding hydrogens is 158 g/mol. The minimum atomic E-state index is -0.398. The minimum absolute atomic E-state index is 0.258. The van der Waals surface area contributed by atoms with Crippen molar-refractivity contribution in [1.29, 1.82) is 0 Å². The van der Waals surface area contributed by atoms with Gasteiger partial charge in [-0.25, -0.2) is 4.79 Å². The maximum absolute atomic E-state index is 11.1. The quantitative estimate of drug-likeness (QED) is 0.583. The molecule has 0 amide bonds. The number of hydrogen-bond acceptors (Lipinski definition) is 3. The van der Waals surface area contributed by atoms with E-state index in [1.807, 2.05) is 0 Å². The topological polar surface area (TPSA) is 80.9 Å². The first-order chi connectivity index (χ1) is 5.65. The van der Waals surface area contributed by atoms with Crippen molar-refractivity contribution in [2.24, 2.45) is 5.73 Å². The highest BCUT2D eigenvalue weighted by atomic mass is 16.2. The van der Waals surface area contributed by atoms with Crippen LogP contribution in [0.5, 0.6) is 0 Å². The van der Waals surface area contributed by atoms with Crippen LogP contribution in [-0.4, -0.2) is 16.1 Å². The zero-order valence-electron chi connectivity index (χ0n) is 6.83. The fraction of sp³-hybridized carbons (Fsp3) is 0.429. The average Bonchev–Trinajstić information content (AvgIpc) is 1.96. The second-order valence-corrected chi connectivity index (χ2v) is 2.54. The molecule has 0 radical (unpaired) electrons. The largest absolute Gasteiger partial charge is 0.329 e. The predicted molar refractivity (Wildman–Crippen MR) is 45.1 cm³/mol. The smallest absolute Gasteiger partial charge is 0.328 e. The van der Waals surface area contributed by atoms with Gasteiger partial charge in [-0.2, -0.15) is 0 Å². The van der Waals surface area contributed by atoms with E-state index < -0.39 is 5.69 Å². The molecule has 1 aromatic heterocycles. The summed E-state index contributed by atoms with van der Waals surface area (Å²) in [6.07, 6.45) is 0. The van der Waals surface area contributed by atoms with Crippen LogP contribution in [0.15, 0.2) is 15.7 Å². The van der Waals surface area contributed by atoms with Crippen LogP contribution >= 0.6 is 0 Å². The van der Waals surface area contributed by atoms with Crippen LogP contribution < -0.4 is 17.0 Å². The predicted octanol–water partition coefficient (Wildman–Crippen LogP) is -1.20. The minimum Gasteiger partial charge on any atom is -0.329 e. The number of H-pyrrole nitrogens is 1. The van der Waals surface area contributed by atoms with Crippen molar-refractivity contribution in [2.75, 3.05) is 6.54 Å². The van der Waals surface area contributed by atoms with Gasteiger partial charge in [0.1, 0.15) is 0 Å². The maximum atomic E-state index is 11.1. The number of nitrogens with two attached hydrogens (primary N) is 1. The SMILES string of the molecule is Cc1cc(=O)n(CCN)c(=O)[nH]1. The lowest BCUT2D eigenvalue weighted by molar-refractivity contribution is 0.633. The van der Waals surface area contributed by atoms with Crippen LogP contribution in [0.1, 0.15) is 5.69 Å². The van der Waals surface area contributed by atoms with E-state index in [2.05, 4.69) is 4.98 Å². The molecule has 66 valence electrons. The summed E-state index contributed by atoms with van der Waals surface area (Å²) in [5.41, 5.74) is 5.09. The van der Waals surface area contributed by atoms with Crippen LogP contribution in [0, 0.1) is 6.92 Å². The Bertz CT molecular complexity index is 346. The Hall–Kier alpha value is -1.36. The first kappa shape index (κ1) is 8.73. The molecule has 1 heterocycles. The molecule has 0 aromatic carbocycles. The summed E-state index contributed by atoms with van der Waals surface area (Å²) in [5, 5.41) is 0. The number of nitrogens with zero attached hydrogens (tertiary/aromatic N) is 1. The molecular formula is C7H11N3O2. The summed E-state index contributed by atoms with van der Waals surface area (Å²) in [7, 11) is 0. The third-order valence-electron chi connectivity index (χ3n) is 1.51. The number of rotatable bonds is 2. The number of hydrogen-bond donors (Lipinski definition) is 2. The Labute approximate surface area is 68.8 Å². The van der Waals surface area contributed by atoms with Crippen LogP contribution in [0.4, 0.5) is 0 Å². The molecule has 5 heteroatoms. The molecule has 0 saturated heterocycles. The van der Waals surface area contributed by atoms with Crippen LogP contribution in [0.2, 0.25) is 0 Å². The lowest BCUT2D eigenvalue weighted by Gasteiger charge is -2.01. The fourth-order valence-electron chi connectivity index (χ4n) is 0.976. The molecule has 0 aliphatic carbocycles. The summed E-state index contributed by atoms with van der Waals surface area (Å²) >= 11 is 0. The van der Waals surface area contributed by atoms with Gasteiger partial charge in [-0.05, 0) is 6.92 Å². The van der Waals surface area contributed by atoms with E-state index in [-0.39, 0.29) is 18.6 Å². The molecule has 0 saturated carbocycles. The third-order valence-corrected chi connectivity index (χ3v) is 1.51. The highest BCUT2D eigenvalue weighted by molar-refractivity contribution is 4.96. The first-order valence-electron chi connectivity index (χ1n) is 3.66. The van der Waals surface area contributed by atoms with E-state index in [0.717, 1.165) is 4.57 Å². The Morgan fingerprint density at radius 1 is 1.58 bits per heavy atom. The van der Waals surface area contributed by atoms with E-state index in [1.165, 1.54) is 6.07 Å². The first-order valence-corrected chi connectivity index (χ1v) is 3.66. The molecule has 1 aromatic rings. The van der Waals surface area contributed by atoms with Gasteiger partial charge in [0, 0.05) is 24.8 Å². The Kier molecular flexibility index (Phi) is 2.44. The Morgan fingerprint density at radius 3 is 2.75 bits per heavy atom. The molecule has 0 spiro atoms. The van der Waals surface area contributed by atoms with Gasteiger partial charge in [-0.15, -0.1) is 0 Å². The van der Waals surface area contributed by atoms with Crippen molar-refractivity contribution in [3.05, 3.63) is 32.6 Å². The van der Waals surface area contributed by atoms with Gasteiger partial charge in [-0.1, -0.05) is 0 Å². The van der Waals surface area contributed by atoms with Crippen molar-refractivity contribution in [3.8, 4) is 0 Å². The van der Waals surface area contributed by atoms with Gasteiger partial charge >= 0.3 is 5.69 Å². The van der Waals surface area contributed by atoms with Gasteiger partial charge in [0.25, 0.3) is 5.56 Å². The molecule has 0 atom stereocenters. The molecule has 1 rings (SSSR count). The lowest BCUT2D eigenvalue weighted by atomic mass is 10.4. The number of aryl methyl sites for hydroxylation is 1. The zero-order chi connectivity index (χ0) is 9.14. The summed E-state index contributed by atoms with van der Waals surface area (Å²) < 4.78 is 1.08. The summed E-state index contributed by atoms with van der Waals surface area (Å²) in [6, 6.07) is 1.37. The Balaban J connectivity index is 3.29. The van der Waals surface area contributed by atoms with Gasteiger partial charge in [0.15, 0.2) is 0 Å². The van der Waals surface area contributed by atoms with Crippen LogP contribution in [0.3, 0.4) is 0 Å². The van der Waals surface area contributed by atoms with E-state index in [0.29, 0.717) is 5.69 Å². The maximum Gasteiger partial charge on any atom is 0.328 e. The Morgan fingerprint density at radius 2 is 2.25 bits per heavy atom. The zero-order valence-corrected chi connectivity index (χ0v) is 6.83. The second-order valence-electron chi connectivity index (χ2n) is 2.54. The van der Waals surface area contributed by atoms with Crippen molar-refractivity contribution >= 4 is 0 Å². The van der Waals surface area contributed by atoms with E-state index in [1.54, 1.807) is 6.92 Å². The van der Waals surface area contributed by atoms with Crippen LogP contribution in [-0.2, 0) is 6.54 Å². The average molecular weight is 169 g/mol. The normalized spacial score (nSPS) is 10.2. The molecule has 0 aliphatic heterocycles. The second kappa shape index (κ2) is 3.36. The molecule has 0 unspecified atom stereocenters. The fourth-order valence-corrected chi connectivity index (χ4v) is 0.976. The van der Waals surface area contributed by atoms with Crippen molar-refractivity contribution in [1.82, 2.24) is 9.55 Å². The van der Waals surface area contributed by atoms with E-state index in [4.69, 9.17) is 5.73 Å². The molecule has 0 aliphatic rings. The van der Waals surface area contributed by atoms with E-state index >= 15 is 0 Å². The van der Waals surface area contributed by atoms with Crippen molar-refractivity contribution in [3.63, 3.8) is 0 Å². The van der Waals surface area contributed by atoms with Crippen LogP contribution in [0.25, 0.3) is 0 Å². The number of aromatic nitrogens is 2. The summed E-state index contributed by atoms with van der Waals surface area (Å²) in [5.74, 6) is 0. The standard InChI is InChI=1S/C7H11N3O2/c1-5-4-6(11)10(3-2-8)7(12)9-5/h4H,2-3,8H2,1H3,(H,9,12). The van der Waals surface area contributed by atoms with E-state index in [9.17, 15) is 9.59 Å². The summed E-state index contributed by atoms with van der Waals surface area (Å²) in [4.78, 5) is 24.8. The molecule has 0 fully saturated rings. The number of aromatic amines is 1. The van der Waals surface area contributed by atoms with Gasteiger partial charge < -0.3 is 10.7 Å². The molecule has 0 bridgehead atoms. The molecule has 3 N–H and O–H groups in total. The molecule has 5 nitrogen and oxygen atoms in total. The van der Waals surface area contributed by atoms with Crippen molar-refractivity contribution < 1.29 is 0 Å². The highest BCUT2D eigenvalue weighted by Crippen LogP contribution is 1.78.